The van der Waals surface area contributed by atoms with Crippen LogP contribution in [0.2, 0.25) is 0 Å². The molecule has 5 saturated carbocycles. The molecule has 1 heterocycles. The Morgan fingerprint density at radius 2 is 1.89 bits per heavy atom. The highest BCUT2D eigenvalue weighted by Gasteiger charge is 2.84. The van der Waals surface area contributed by atoms with Crippen molar-refractivity contribution in [1.82, 2.24) is 4.90 Å². The number of rotatable bonds is 7. The molecule has 6 aliphatic rings. The highest BCUT2D eigenvalue weighted by molar-refractivity contribution is 5.89. The van der Waals surface area contributed by atoms with E-state index in [1.54, 1.807) is 7.11 Å². The molecule has 6 fully saturated rings. The van der Waals surface area contributed by atoms with E-state index in [9.17, 15) is 9.90 Å². The van der Waals surface area contributed by atoms with Gasteiger partial charge in [-0.05, 0) is 56.2 Å². The van der Waals surface area contributed by atoms with E-state index >= 15 is 0 Å². The molecule has 208 valence electrons. The molecule has 0 aromatic heterocycles. The number of ether oxygens (including phenoxy) is 4. The van der Waals surface area contributed by atoms with Crippen molar-refractivity contribution in [1.29, 1.82) is 0 Å². The number of carbonyl (C=O) groups is 1. The molecular formula is C31H43NO6. The summed E-state index contributed by atoms with van der Waals surface area (Å²) in [4.78, 5) is 16.1. The van der Waals surface area contributed by atoms with Gasteiger partial charge in [-0.3, -0.25) is 4.90 Å². The predicted molar refractivity (Wildman–Crippen MR) is 141 cm³/mol. The summed E-state index contributed by atoms with van der Waals surface area (Å²) in [6.07, 6.45) is 4.25. The van der Waals surface area contributed by atoms with Gasteiger partial charge in [-0.25, -0.2) is 4.79 Å². The first-order chi connectivity index (χ1) is 18.4. The lowest BCUT2D eigenvalue weighted by Crippen LogP contribution is -2.76. The summed E-state index contributed by atoms with van der Waals surface area (Å²) in [5, 5.41) is 12.9. The monoisotopic (exact) mass is 525 g/mol. The highest BCUT2D eigenvalue weighted by Crippen LogP contribution is 2.79. The van der Waals surface area contributed by atoms with Gasteiger partial charge in [0.25, 0.3) is 0 Å². The number of likely N-dealkylation sites (tertiary alicyclic amines) is 1. The summed E-state index contributed by atoms with van der Waals surface area (Å²) >= 11 is 0. The lowest BCUT2D eigenvalue weighted by atomic mass is 9.43. The number of hydrogen-bond donors (Lipinski definition) is 1. The zero-order valence-corrected chi connectivity index (χ0v) is 23.2. The smallest absolute Gasteiger partial charge is 0.338 e. The number of carbonyl (C=O) groups excluding carboxylic acids is 1. The van der Waals surface area contributed by atoms with E-state index in [4.69, 9.17) is 18.9 Å². The number of piperidine rings is 1. The molecule has 1 aliphatic heterocycles. The molecule has 5 aliphatic carbocycles. The standard InChI is InChI=1S/C31H43NO6/c1-5-32-16-29(17-35-2)12-11-24(37-4)31-20-13-19-22(36-3)15-30(34,21(27(31)32)14-23(29)31)25(20)26(19)38-28(33)18-9-7-6-8-10-18/h6-10,19-27,34H,5,11-17H2,1-4H3/t19-,20+,21-,22-,23+,24-,25+,26-,27+,29+,30+,31+/m0/s1. The minimum atomic E-state index is -0.942. The Kier molecular flexibility index (Phi) is 5.86. The van der Waals surface area contributed by atoms with Crippen molar-refractivity contribution in [2.75, 3.05) is 41.0 Å². The zero-order valence-electron chi connectivity index (χ0n) is 23.2. The minimum absolute atomic E-state index is 0.0645. The summed E-state index contributed by atoms with van der Waals surface area (Å²) in [6.45, 7) is 4.99. The topological polar surface area (TPSA) is 77.5 Å². The second-order valence-corrected chi connectivity index (χ2v) is 13.2. The maximum Gasteiger partial charge on any atom is 0.338 e. The average molecular weight is 526 g/mol. The van der Waals surface area contributed by atoms with E-state index in [2.05, 4.69) is 11.8 Å². The van der Waals surface area contributed by atoms with Crippen molar-refractivity contribution in [3.8, 4) is 0 Å². The van der Waals surface area contributed by atoms with Gasteiger partial charge >= 0.3 is 5.97 Å². The van der Waals surface area contributed by atoms with Gasteiger partial charge in [0.15, 0.2) is 0 Å². The Bertz CT molecular complexity index is 1080. The molecular weight excluding hydrogens is 482 g/mol. The Labute approximate surface area is 226 Å². The molecule has 1 aromatic rings. The van der Waals surface area contributed by atoms with Gasteiger partial charge in [0.1, 0.15) is 6.10 Å². The number of esters is 1. The Balaban J connectivity index is 1.38. The molecule has 7 bridgehead atoms. The maximum atomic E-state index is 13.4. The molecule has 0 radical (unpaired) electrons. The second kappa shape index (κ2) is 8.74. The van der Waals surface area contributed by atoms with Crippen molar-refractivity contribution in [3.63, 3.8) is 0 Å². The van der Waals surface area contributed by atoms with Crippen molar-refractivity contribution in [2.45, 2.75) is 69.0 Å². The van der Waals surface area contributed by atoms with E-state index in [1.807, 2.05) is 44.6 Å². The number of benzene rings is 1. The average Bonchev–Trinajstić information content (AvgIpc) is 3.38. The molecule has 12 atom stereocenters. The number of nitrogens with zero attached hydrogens (tertiary/aromatic N) is 1. The number of methoxy groups -OCH3 is 3. The first-order valence-electron chi connectivity index (χ1n) is 14.7. The predicted octanol–water partition coefficient (Wildman–Crippen LogP) is 3.40. The van der Waals surface area contributed by atoms with Crippen molar-refractivity contribution in [2.24, 2.45) is 40.4 Å². The normalized spacial score (nSPS) is 50.2. The van der Waals surface area contributed by atoms with Gasteiger partial charge in [0.2, 0.25) is 0 Å². The summed E-state index contributed by atoms with van der Waals surface area (Å²) in [6, 6.07) is 9.52. The molecule has 7 rings (SSSR count). The first-order valence-corrected chi connectivity index (χ1v) is 14.7. The zero-order chi connectivity index (χ0) is 26.4. The van der Waals surface area contributed by atoms with E-state index in [0.29, 0.717) is 17.9 Å². The largest absolute Gasteiger partial charge is 0.458 e. The number of aliphatic hydroxyl groups is 1. The first kappa shape index (κ1) is 25.5. The molecule has 1 N–H and O–H groups in total. The molecule has 0 amide bonds. The van der Waals surface area contributed by atoms with Crippen LogP contribution in [-0.4, -0.2) is 87.0 Å². The molecule has 0 unspecified atom stereocenters. The Morgan fingerprint density at radius 3 is 2.58 bits per heavy atom. The molecule has 7 heteroatoms. The van der Waals surface area contributed by atoms with Crippen molar-refractivity contribution in [3.05, 3.63) is 35.9 Å². The summed E-state index contributed by atoms with van der Waals surface area (Å²) in [5.41, 5.74) is -0.405. The minimum Gasteiger partial charge on any atom is -0.458 e. The van der Waals surface area contributed by atoms with E-state index < -0.39 is 5.60 Å². The molecule has 7 nitrogen and oxygen atoms in total. The van der Waals surface area contributed by atoms with Gasteiger partial charge in [-0.1, -0.05) is 25.1 Å². The third kappa shape index (κ3) is 2.95. The molecule has 1 aromatic carbocycles. The SMILES string of the molecule is CCN1C[C@@]2(COC)CC[C@H](OC)[C@@]34[C@@H]5C[C@@H]6[C@H](OC(=O)c7ccccc7)[C@@H]5[C@@](O)(C[C@@H]6OC)[C@@H](C[C@H]23)[C@@H]14. The summed E-state index contributed by atoms with van der Waals surface area (Å²) in [5.74, 6) is 0.395. The van der Waals surface area contributed by atoms with Crippen LogP contribution in [0, 0.1) is 40.4 Å². The second-order valence-electron chi connectivity index (χ2n) is 13.2. The fourth-order valence-electron chi connectivity index (χ4n) is 11.5. The van der Waals surface area contributed by atoms with Gasteiger partial charge in [0, 0.05) is 68.9 Å². The molecule has 1 spiro atoms. The quantitative estimate of drug-likeness (QED) is 0.547. The Hall–Kier alpha value is -1.51. The van der Waals surface area contributed by atoms with Crippen LogP contribution in [-0.2, 0) is 18.9 Å². The van der Waals surface area contributed by atoms with Crippen molar-refractivity contribution >= 4 is 5.97 Å². The van der Waals surface area contributed by atoms with Crippen LogP contribution in [0.3, 0.4) is 0 Å². The maximum absolute atomic E-state index is 13.4. The van der Waals surface area contributed by atoms with Gasteiger partial charge in [0.05, 0.1) is 30.0 Å². The fourth-order valence-corrected chi connectivity index (χ4v) is 11.5. The van der Waals surface area contributed by atoms with Crippen LogP contribution in [0.1, 0.15) is 49.4 Å². The van der Waals surface area contributed by atoms with Crippen LogP contribution >= 0.6 is 0 Å². The molecule has 1 saturated heterocycles. The lowest BCUT2D eigenvalue weighted by molar-refractivity contribution is -0.276. The summed E-state index contributed by atoms with van der Waals surface area (Å²) in [7, 11) is 5.47. The van der Waals surface area contributed by atoms with E-state index in [0.717, 1.165) is 45.4 Å². The van der Waals surface area contributed by atoms with Crippen LogP contribution in [0.15, 0.2) is 30.3 Å². The van der Waals surface area contributed by atoms with Gasteiger partial charge < -0.3 is 24.1 Å². The van der Waals surface area contributed by atoms with Crippen LogP contribution in [0.25, 0.3) is 0 Å². The van der Waals surface area contributed by atoms with Gasteiger partial charge in [-0.2, -0.15) is 0 Å². The third-order valence-corrected chi connectivity index (χ3v) is 12.4. The van der Waals surface area contributed by atoms with E-state index in [1.165, 1.54) is 0 Å². The number of hydrogen-bond acceptors (Lipinski definition) is 7. The van der Waals surface area contributed by atoms with Crippen LogP contribution < -0.4 is 0 Å². The lowest BCUT2D eigenvalue weighted by Gasteiger charge is -2.69. The van der Waals surface area contributed by atoms with Gasteiger partial charge in [-0.15, -0.1) is 0 Å². The highest BCUT2D eigenvalue weighted by atomic mass is 16.6. The van der Waals surface area contributed by atoms with Crippen LogP contribution in [0.4, 0.5) is 0 Å². The van der Waals surface area contributed by atoms with Crippen LogP contribution in [0.5, 0.6) is 0 Å². The summed E-state index contributed by atoms with van der Waals surface area (Å²) < 4.78 is 24.9. The molecule has 38 heavy (non-hydrogen) atoms. The third-order valence-electron chi connectivity index (χ3n) is 12.4. The van der Waals surface area contributed by atoms with E-state index in [-0.39, 0.29) is 64.8 Å². The fraction of sp³-hybridized carbons (Fsp3) is 0.774. The number of fused-ring (bicyclic) bond motifs is 2. The Morgan fingerprint density at radius 1 is 1.11 bits per heavy atom. The van der Waals surface area contributed by atoms with Crippen molar-refractivity contribution < 1.29 is 28.8 Å².